The number of piperidine rings is 1. The van der Waals surface area contributed by atoms with Crippen LogP contribution in [0.15, 0.2) is 37.1 Å². The van der Waals surface area contributed by atoms with E-state index in [9.17, 15) is 0 Å². The average Bonchev–Trinajstić information content (AvgIpc) is 2.42. The summed E-state index contributed by atoms with van der Waals surface area (Å²) in [4.78, 5) is 2.48. The van der Waals surface area contributed by atoms with Gasteiger partial charge in [0.05, 0.1) is 13.2 Å². The smallest absolute Gasteiger partial charge is 0.112 e. The lowest BCUT2D eigenvalue weighted by Gasteiger charge is -2.29. The summed E-state index contributed by atoms with van der Waals surface area (Å²) in [7, 11) is 0. The zero-order chi connectivity index (χ0) is 13.9. The highest BCUT2D eigenvalue weighted by atomic mass is 16.5. The molecule has 0 radical (unpaired) electrons. The summed E-state index contributed by atoms with van der Waals surface area (Å²) < 4.78 is 10.9. The zero-order valence-corrected chi connectivity index (χ0v) is 12.1. The van der Waals surface area contributed by atoms with Crippen LogP contribution >= 0.6 is 0 Å². The highest BCUT2D eigenvalue weighted by Crippen LogP contribution is 2.15. The van der Waals surface area contributed by atoms with Crippen LogP contribution in [0.5, 0.6) is 0 Å². The molecular formula is C16H27NO2. The van der Waals surface area contributed by atoms with Crippen LogP contribution in [0.25, 0.3) is 0 Å². The Balaban J connectivity index is 1.92. The van der Waals surface area contributed by atoms with Crippen LogP contribution in [0.1, 0.15) is 19.8 Å². The number of ether oxygens (including phenoxy) is 2. The van der Waals surface area contributed by atoms with Crippen LogP contribution < -0.4 is 0 Å². The van der Waals surface area contributed by atoms with E-state index in [2.05, 4.69) is 25.0 Å². The van der Waals surface area contributed by atoms with E-state index in [4.69, 9.17) is 9.47 Å². The van der Waals surface area contributed by atoms with E-state index in [1.54, 1.807) is 18.2 Å². The van der Waals surface area contributed by atoms with Crippen molar-refractivity contribution in [2.45, 2.75) is 19.8 Å². The molecule has 0 aliphatic carbocycles. The predicted octanol–water partition coefficient (Wildman–Crippen LogP) is 3.01. The Bertz CT molecular complexity index is 291. The largest absolute Gasteiger partial charge is 0.492 e. The number of hydrogen-bond acceptors (Lipinski definition) is 3. The van der Waals surface area contributed by atoms with Gasteiger partial charge >= 0.3 is 0 Å². The number of likely N-dealkylation sites (tertiary alicyclic amines) is 1. The van der Waals surface area contributed by atoms with Gasteiger partial charge in [-0.1, -0.05) is 32.2 Å². The van der Waals surface area contributed by atoms with Crippen LogP contribution in [0.2, 0.25) is 0 Å². The number of nitrogens with zero attached hydrogens (tertiary/aromatic N) is 1. The molecule has 0 atom stereocenters. The Morgan fingerprint density at radius 1 is 1.26 bits per heavy atom. The monoisotopic (exact) mass is 265 g/mol. The topological polar surface area (TPSA) is 21.7 Å². The summed E-state index contributed by atoms with van der Waals surface area (Å²) in [6.07, 6.45) is 7.93. The quantitative estimate of drug-likeness (QED) is 0.363. The Labute approximate surface area is 117 Å². The second-order valence-electron chi connectivity index (χ2n) is 5.05. The lowest BCUT2D eigenvalue weighted by atomic mass is 9.99. The first-order chi connectivity index (χ1) is 9.22. The van der Waals surface area contributed by atoms with E-state index in [0.29, 0.717) is 19.0 Å². The predicted molar refractivity (Wildman–Crippen MR) is 80.1 cm³/mol. The average molecular weight is 265 g/mol. The van der Waals surface area contributed by atoms with Gasteiger partial charge in [-0.15, -0.1) is 0 Å². The molecule has 3 nitrogen and oxygen atoms in total. The molecule has 0 unspecified atom stereocenters. The van der Waals surface area contributed by atoms with Gasteiger partial charge in [0.2, 0.25) is 0 Å². The molecule has 0 aromatic carbocycles. The molecule has 0 spiro atoms. The molecule has 108 valence electrons. The van der Waals surface area contributed by atoms with Crippen molar-refractivity contribution >= 4 is 0 Å². The van der Waals surface area contributed by atoms with E-state index in [1.807, 2.05) is 0 Å². The van der Waals surface area contributed by atoms with E-state index in [0.717, 1.165) is 19.1 Å². The minimum absolute atomic E-state index is 0.553. The molecule has 0 N–H and O–H groups in total. The molecule has 0 aromatic heterocycles. The fourth-order valence-electron chi connectivity index (χ4n) is 2.04. The summed E-state index contributed by atoms with van der Waals surface area (Å²) >= 11 is 0. The molecule has 1 rings (SSSR count). The molecular weight excluding hydrogens is 238 g/mol. The lowest BCUT2D eigenvalue weighted by molar-refractivity contribution is 0.0575. The van der Waals surface area contributed by atoms with Crippen molar-refractivity contribution in [1.82, 2.24) is 4.90 Å². The van der Waals surface area contributed by atoms with E-state index >= 15 is 0 Å². The molecule has 3 heteroatoms. The van der Waals surface area contributed by atoms with Crippen LogP contribution in [0.4, 0.5) is 0 Å². The third-order valence-corrected chi connectivity index (χ3v) is 3.36. The van der Waals surface area contributed by atoms with Crippen molar-refractivity contribution in [3.63, 3.8) is 0 Å². The zero-order valence-electron chi connectivity index (χ0n) is 12.1. The number of allylic oxidation sites excluding steroid dienone is 3. The number of hydrogen-bond donors (Lipinski definition) is 0. The summed E-state index contributed by atoms with van der Waals surface area (Å²) in [5.74, 6) is 1.54. The first-order valence-corrected chi connectivity index (χ1v) is 7.13. The van der Waals surface area contributed by atoms with Gasteiger partial charge in [-0.2, -0.15) is 0 Å². The Morgan fingerprint density at radius 3 is 2.68 bits per heavy atom. The summed E-state index contributed by atoms with van der Waals surface area (Å²) in [5, 5.41) is 0. The third-order valence-electron chi connectivity index (χ3n) is 3.36. The fourth-order valence-corrected chi connectivity index (χ4v) is 2.04. The lowest BCUT2D eigenvalue weighted by Crippen LogP contribution is -2.35. The summed E-state index contributed by atoms with van der Waals surface area (Å²) in [5.41, 5.74) is 0. The normalized spacial score (nSPS) is 17.7. The minimum atomic E-state index is 0.553. The van der Waals surface area contributed by atoms with Gasteiger partial charge in [0.1, 0.15) is 12.4 Å². The SMILES string of the molecule is C=C/C=C\C(=C)OCCOCCN1CCC(C)CC1. The van der Waals surface area contributed by atoms with Gasteiger partial charge in [-0.05, 0) is 37.9 Å². The van der Waals surface area contributed by atoms with Crippen LogP contribution in [0.3, 0.4) is 0 Å². The van der Waals surface area contributed by atoms with Gasteiger partial charge in [-0.25, -0.2) is 0 Å². The third kappa shape index (κ3) is 7.85. The molecule has 0 amide bonds. The van der Waals surface area contributed by atoms with Gasteiger partial charge in [0.15, 0.2) is 0 Å². The Morgan fingerprint density at radius 2 is 2.00 bits per heavy atom. The highest BCUT2D eigenvalue weighted by Gasteiger charge is 2.14. The van der Waals surface area contributed by atoms with Crippen molar-refractivity contribution in [3.05, 3.63) is 37.1 Å². The second kappa shape index (κ2) is 9.82. The highest BCUT2D eigenvalue weighted by molar-refractivity contribution is 5.12. The molecule has 1 aliphatic heterocycles. The summed E-state index contributed by atoms with van der Waals surface area (Å²) in [6, 6.07) is 0. The van der Waals surface area contributed by atoms with Crippen LogP contribution in [-0.4, -0.2) is 44.4 Å². The van der Waals surface area contributed by atoms with Gasteiger partial charge in [0.25, 0.3) is 0 Å². The van der Waals surface area contributed by atoms with Gasteiger partial charge < -0.3 is 14.4 Å². The molecule has 1 heterocycles. The van der Waals surface area contributed by atoms with Crippen molar-refractivity contribution in [2.75, 3.05) is 39.5 Å². The van der Waals surface area contributed by atoms with Gasteiger partial charge in [-0.3, -0.25) is 0 Å². The molecule has 19 heavy (non-hydrogen) atoms. The molecule has 1 saturated heterocycles. The molecule has 0 bridgehead atoms. The van der Waals surface area contributed by atoms with Crippen LogP contribution in [0, 0.1) is 5.92 Å². The van der Waals surface area contributed by atoms with Crippen molar-refractivity contribution < 1.29 is 9.47 Å². The first kappa shape index (κ1) is 16.0. The maximum atomic E-state index is 5.57. The maximum Gasteiger partial charge on any atom is 0.112 e. The molecule has 1 fully saturated rings. The van der Waals surface area contributed by atoms with Gasteiger partial charge in [0, 0.05) is 6.54 Å². The van der Waals surface area contributed by atoms with Crippen LogP contribution in [-0.2, 0) is 9.47 Å². The van der Waals surface area contributed by atoms with Crippen molar-refractivity contribution in [2.24, 2.45) is 5.92 Å². The molecule has 1 aliphatic rings. The standard InChI is InChI=1S/C16H27NO2/c1-4-5-6-16(3)19-14-13-18-12-11-17-9-7-15(2)8-10-17/h4-6,15H,1,3,7-14H2,2H3/b6-5-. The maximum absolute atomic E-state index is 5.57. The molecule has 0 aromatic rings. The Kier molecular flexibility index (Phi) is 8.26. The van der Waals surface area contributed by atoms with E-state index in [-0.39, 0.29) is 0 Å². The second-order valence-corrected chi connectivity index (χ2v) is 5.05. The van der Waals surface area contributed by atoms with Crippen molar-refractivity contribution in [1.29, 1.82) is 0 Å². The summed E-state index contributed by atoms with van der Waals surface area (Å²) in [6.45, 7) is 15.1. The fraction of sp³-hybridized carbons (Fsp3) is 0.625. The minimum Gasteiger partial charge on any atom is -0.492 e. The van der Waals surface area contributed by atoms with E-state index < -0.39 is 0 Å². The molecule has 0 saturated carbocycles. The van der Waals surface area contributed by atoms with Crippen molar-refractivity contribution in [3.8, 4) is 0 Å². The number of rotatable bonds is 9. The first-order valence-electron chi connectivity index (χ1n) is 7.13. The van der Waals surface area contributed by atoms with E-state index in [1.165, 1.54) is 25.9 Å². The Hall–Kier alpha value is -1.06.